The molecule has 182 valence electrons. The molecule has 0 unspecified atom stereocenters. The predicted molar refractivity (Wildman–Crippen MR) is 129 cm³/mol. The lowest BCUT2D eigenvalue weighted by atomic mass is 9.77. The van der Waals surface area contributed by atoms with E-state index in [1.165, 1.54) is 17.3 Å². The van der Waals surface area contributed by atoms with Gasteiger partial charge in [-0.3, -0.25) is 0 Å². The SMILES string of the molecule is CCS(=O)(=O)c1cnc(N2CCC3(CCN(CCc4ccc5c(c4C)COC5=O)CC3)C2)cn1. The number of rotatable bonds is 6. The Kier molecular flexibility index (Phi) is 6.10. The average Bonchev–Trinajstić information content (AvgIpc) is 3.44. The highest BCUT2D eigenvalue weighted by molar-refractivity contribution is 7.91. The minimum Gasteiger partial charge on any atom is -0.457 e. The van der Waals surface area contributed by atoms with Gasteiger partial charge in [0.25, 0.3) is 0 Å². The van der Waals surface area contributed by atoms with Crippen molar-refractivity contribution in [1.82, 2.24) is 14.9 Å². The van der Waals surface area contributed by atoms with Crippen molar-refractivity contribution in [2.75, 3.05) is 43.4 Å². The first-order valence-corrected chi connectivity index (χ1v) is 13.8. The van der Waals surface area contributed by atoms with E-state index in [-0.39, 0.29) is 16.7 Å². The van der Waals surface area contributed by atoms with Crippen LogP contribution in [-0.2, 0) is 27.6 Å². The van der Waals surface area contributed by atoms with Gasteiger partial charge in [-0.15, -0.1) is 0 Å². The lowest BCUT2D eigenvalue weighted by Crippen LogP contribution is -2.42. The standard InChI is InChI=1S/C25H32N4O4S/c1-3-34(31,32)23-15-26-22(14-27-23)29-13-9-25(17-29)7-11-28(12-8-25)10-6-19-4-5-20-21(18(19)2)16-33-24(20)30/h4-5,14-15H,3,6-13,16-17H2,1-2H3. The Morgan fingerprint density at radius 1 is 1.09 bits per heavy atom. The molecule has 2 fully saturated rings. The number of sulfone groups is 1. The molecule has 3 aliphatic heterocycles. The van der Waals surface area contributed by atoms with Crippen LogP contribution in [0.15, 0.2) is 29.6 Å². The van der Waals surface area contributed by atoms with E-state index < -0.39 is 9.84 Å². The molecule has 1 spiro atoms. The number of anilines is 1. The molecule has 0 bridgehead atoms. The van der Waals surface area contributed by atoms with Gasteiger partial charge < -0.3 is 14.5 Å². The van der Waals surface area contributed by atoms with Crippen molar-refractivity contribution in [3.8, 4) is 0 Å². The van der Waals surface area contributed by atoms with Gasteiger partial charge in [0.1, 0.15) is 12.4 Å². The first-order valence-electron chi connectivity index (χ1n) is 12.1. The second-order valence-electron chi connectivity index (χ2n) is 9.83. The van der Waals surface area contributed by atoms with Gasteiger partial charge in [0.05, 0.1) is 23.7 Å². The van der Waals surface area contributed by atoms with Crippen LogP contribution >= 0.6 is 0 Å². The molecule has 0 N–H and O–H groups in total. The number of hydrogen-bond acceptors (Lipinski definition) is 8. The minimum absolute atomic E-state index is 0.0322. The fourth-order valence-corrected chi connectivity index (χ4v) is 6.24. The lowest BCUT2D eigenvalue weighted by Gasteiger charge is -2.39. The zero-order valence-corrected chi connectivity index (χ0v) is 20.7. The van der Waals surface area contributed by atoms with Crippen molar-refractivity contribution < 1.29 is 17.9 Å². The number of fused-ring (bicyclic) bond motifs is 1. The first kappa shape index (κ1) is 23.2. The number of nitrogens with zero attached hydrogens (tertiary/aromatic N) is 4. The summed E-state index contributed by atoms with van der Waals surface area (Å²) in [5, 5.41) is 0.0544. The number of aromatic nitrogens is 2. The molecule has 1 aromatic heterocycles. The third-order valence-corrected chi connectivity index (χ3v) is 9.58. The van der Waals surface area contributed by atoms with Gasteiger partial charge in [-0.2, -0.15) is 0 Å². The number of esters is 1. The maximum absolute atomic E-state index is 12.0. The van der Waals surface area contributed by atoms with E-state index >= 15 is 0 Å². The van der Waals surface area contributed by atoms with Gasteiger partial charge >= 0.3 is 5.97 Å². The number of carbonyl (C=O) groups excluding carboxylic acids is 1. The van der Waals surface area contributed by atoms with E-state index in [4.69, 9.17) is 4.74 Å². The zero-order valence-electron chi connectivity index (χ0n) is 19.9. The summed E-state index contributed by atoms with van der Waals surface area (Å²) >= 11 is 0. The number of benzene rings is 1. The number of cyclic esters (lactones) is 1. The van der Waals surface area contributed by atoms with Crippen LogP contribution in [0.2, 0.25) is 0 Å². The molecule has 9 heteroatoms. The molecule has 5 rings (SSSR count). The summed E-state index contributed by atoms with van der Waals surface area (Å²) in [5.41, 5.74) is 4.57. The number of ether oxygens (including phenoxy) is 1. The van der Waals surface area contributed by atoms with Crippen LogP contribution in [0.5, 0.6) is 0 Å². The molecular formula is C25H32N4O4S. The van der Waals surface area contributed by atoms with Crippen molar-refractivity contribution in [2.24, 2.45) is 5.41 Å². The highest BCUT2D eigenvalue weighted by Crippen LogP contribution is 2.41. The van der Waals surface area contributed by atoms with Crippen molar-refractivity contribution in [3.63, 3.8) is 0 Å². The van der Waals surface area contributed by atoms with E-state index in [0.29, 0.717) is 12.0 Å². The molecule has 34 heavy (non-hydrogen) atoms. The minimum atomic E-state index is -3.32. The maximum Gasteiger partial charge on any atom is 0.338 e. The van der Waals surface area contributed by atoms with Crippen molar-refractivity contribution >= 4 is 21.6 Å². The summed E-state index contributed by atoms with van der Waals surface area (Å²) in [6.45, 7) is 9.19. The monoisotopic (exact) mass is 484 g/mol. The van der Waals surface area contributed by atoms with E-state index in [1.54, 1.807) is 13.1 Å². The lowest BCUT2D eigenvalue weighted by molar-refractivity contribution is 0.0535. The molecular weight excluding hydrogens is 452 g/mol. The van der Waals surface area contributed by atoms with Crippen molar-refractivity contribution in [3.05, 3.63) is 46.8 Å². The van der Waals surface area contributed by atoms with E-state index in [0.717, 1.165) is 75.4 Å². The Morgan fingerprint density at radius 2 is 1.85 bits per heavy atom. The normalized spacial score (nSPS) is 20.1. The van der Waals surface area contributed by atoms with Gasteiger partial charge in [0.15, 0.2) is 14.9 Å². The molecule has 0 amide bonds. The van der Waals surface area contributed by atoms with Crippen LogP contribution in [0.3, 0.4) is 0 Å². The van der Waals surface area contributed by atoms with Gasteiger partial charge in [0, 0.05) is 25.2 Å². The van der Waals surface area contributed by atoms with Crippen LogP contribution in [0.4, 0.5) is 5.82 Å². The molecule has 0 radical (unpaired) electrons. The van der Waals surface area contributed by atoms with E-state index in [9.17, 15) is 13.2 Å². The van der Waals surface area contributed by atoms with Crippen molar-refractivity contribution in [2.45, 2.75) is 51.2 Å². The molecule has 0 aliphatic carbocycles. The molecule has 3 aliphatic rings. The maximum atomic E-state index is 12.0. The first-order chi connectivity index (χ1) is 16.3. The largest absolute Gasteiger partial charge is 0.457 e. The number of carbonyl (C=O) groups is 1. The fraction of sp³-hybridized carbons (Fsp3) is 0.560. The molecule has 1 aromatic carbocycles. The van der Waals surface area contributed by atoms with Crippen LogP contribution in [-0.4, -0.2) is 67.7 Å². The quantitative estimate of drug-likeness (QED) is 0.578. The molecule has 4 heterocycles. The highest BCUT2D eigenvalue weighted by atomic mass is 32.2. The highest BCUT2D eigenvalue weighted by Gasteiger charge is 2.41. The smallest absolute Gasteiger partial charge is 0.338 e. The summed E-state index contributed by atoms with van der Waals surface area (Å²) < 4.78 is 29.2. The molecule has 0 atom stereocenters. The molecule has 2 aromatic rings. The Hall–Kier alpha value is -2.52. The van der Waals surface area contributed by atoms with Gasteiger partial charge in [-0.05, 0) is 68.3 Å². The third-order valence-electron chi connectivity index (χ3n) is 7.97. The van der Waals surface area contributed by atoms with Gasteiger partial charge in [-0.1, -0.05) is 13.0 Å². The molecule has 8 nitrogen and oxygen atoms in total. The summed E-state index contributed by atoms with van der Waals surface area (Å²) in [6, 6.07) is 4.00. The zero-order chi connectivity index (χ0) is 23.9. The van der Waals surface area contributed by atoms with Crippen LogP contribution in [0.25, 0.3) is 0 Å². The fourth-order valence-electron chi connectivity index (χ4n) is 5.52. The second-order valence-corrected chi connectivity index (χ2v) is 12.1. The Labute approximate surface area is 201 Å². The average molecular weight is 485 g/mol. The summed E-state index contributed by atoms with van der Waals surface area (Å²) in [5.74, 6) is 0.596. The number of hydrogen-bond donors (Lipinski definition) is 0. The third kappa shape index (κ3) is 4.31. The number of piperidine rings is 1. The van der Waals surface area contributed by atoms with Crippen LogP contribution < -0.4 is 4.90 Å². The Bertz CT molecular complexity index is 1190. The van der Waals surface area contributed by atoms with Crippen molar-refractivity contribution in [1.29, 1.82) is 0 Å². The Morgan fingerprint density at radius 3 is 2.56 bits per heavy atom. The van der Waals surface area contributed by atoms with E-state index in [1.807, 2.05) is 6.07 Å². The Balaban J connectivity index is 1.15. The molecule has 2 saturated heterocycles. The van der Waals surface area contributed by atoms with E-state index in [2.05, 4.69) is 32.8 Å². The van der Waals surface area contributed by atoms with Gasteiger partial charge in [-0.25, -0.2) is 23.2 Å². The van der Waals surface area contributed by atoms with Gasteiger partial charge in [0.2, 0.25) is 0 Å². The summed E-state index contributed by atoms with van der Waals surface area (Å²) in [6.07, 6.45) is 7.43. The summed E-state index contributed by atoms with van der Waals surface area (Å²) in [7, 11) is -3.32. The van der Waals surface area contributed by atoms with Crippen LogP contribution in [0.1, 0.15) is 53.2 Å². The van der Waals surface area contributed by atoms with Crippen LogP contribution in [0, 0.1) is 12.3 Å². The molecule has 0 saturated carbocycles. The summed E-state index contributed by atoms with van der Waals surface area (Å²) in [4.78, 5) is 25.2. The topological polar surface area (TPSA) is 92.7 Å². The predicted octanol–water partition coefficient (Wildman–Crippen LogP) is 2.78. The number of likely N-dealkylation sites (tertiary alicyclic amines) is 1. The second kappa shape index (κ2) is 8.92.